The van der Waals surface area contributed by atoms with Crippen molar-refractivity contribution in [2.24, 2.45) is 5.92 Å². The lowest BCUT2D eigenvalue weighted by Crippen LogP contribution is -2.25. The Morgan fingerprint density at radius 3 is 2.09 bits per heavy atom. The first-order chi connectivity index (χ1) is 15.5. The van der Waals surface area contributed by atoms with E-state index in [-0.39, 0.29) is 23.5 Å². The minimum Gasteiger partial charge on any atom is -0.427 e. The molecule has 2 aromatic rings. The maximum atomic E-state index is 12.5. The Morgan fingerprint density at radius 1 is 0.906 bits per heavy atom. The van der Waals surface area contributed by atoms with E-state index in [2.05, 4.69) is 6.92 Å². The predicted molar refractivity (Wildman–Crippen MR) is 120 cm³/mol. The smallest absolute Gasteiger partial charge is 0.314 e. The number of non-ortho nitro benzene ring substituents is 1. The van der Waals surface area contributed by atoms with Crippen molar-refractivity contribution in [1.29, 1.82) is 0 Å². The van der Waals surface area contributed by atoms with Crippen LogP contribution in [0.2, 0.25) is 0 Å². The summed E-state index contributed by atoms with van der Waals surface area (Å²) in [5.74, 6) is 0.580. The fraction of sp³-hybridized carbons (Fsp3) is 0.440. The third kappa shape index (κ3) is 6.64. The minimum atomic E-state index is -0.489. The molecule has 1 fully saturated rings. The van der Waals surface area contributed by atoms with Crippen LogP contribution in [0.5, 0.6) is 11.5 Å². The molecule has 3 rings (SSSR count). The van der Waals surface area contributed by atoms with Crippen LogP contribution >= 0.6 is 0 Å². The molecule has 7 heteroatoms. The van der Waals surface area contributed by atoms with E-state index in [1.54, 1.807) is 0 Å². The molecule has 0 radical (unpaired) electrons. The Labute approximate surface area is 187 Å². The molecule has 0 bridgehead atoms. The highest BCUT2D eigenvalue weighted by Gasteiger charge is 2.28. The normalized spacial score (nSPS) is 18.0. The number of carbonyl (C=O) groups excluding carboxylic acids is 2. The van der Waals surface area contributed by atoms with Gasteiger partial charge in [0.1, 0.15) is 11.5 Å². The highest BCUT2D eigenvalue weighted by atomic mass is 16.6. The Hall–Kier alpha value is -3.22. The second-order valence-electron chi connectivity index (χ2n) is 8.22. The Morgan fingerprint density at radius 2 is 1.50 bits per heavy atom. The summed E-state index contributed by atoms with van der Waals surface area (Å²) in [5, 5.41) is 10.7. The molecular weight excluding hydrogens is 410 g/mol. The number of carbonyl (C=O) groups is 2. The standard InChI is InChI=1S/C25H29NO6/c1-2-3-4-5-24(27)31-22-14-10-19(11-15-22)18-6-8-20(9-7-18)25(28)32-23-16-12-21(13-17-23)26(29)30/h10-18,20H,2-9H2,1H3/t18-,20-. The maximum absolute atomic E-state index is 12.5. The van der Waals surface area contributed by atoms with Crippen molar-refractivity contribution in [1.82, 2.24) is 0 Å². The van der Waals surface area contributed by atoms with Gasteiger partial charge in [0.2, 0.25) is 0 Å². The molecule has 0 N–H and O–H groups in total. The molecule has 170 valence electrons. The first-order valence-electron chi connectivity index (χ1n) is 11.2. The van der Waals surface area contributed by atoms with E-state index < -0.39 is 4.92 Å². The first kappa shape index (κ1) is 23.4. The van der Waals surface area contributed by atoms with Crippen LogP contribution in [-0.4, -0.2) is 16.9 Å². The number of hydrogen-bond donors (Lipinski definition) is 0. The molecule has 0 heterocycles. The van der Waals surface area contributed by atoms with Gasteiger partial charge in [-0.05, 0) is 67.9 Å². The molecule has 0 aromatic heterocycles. The van der Waals surface area contributed by atoms with Gasteiger partial charge in [-0.15, -0.1) is 0 Å². The van der Waals surface area contributed by atoms with Gasteiger partial charge in [-0.1, -0.05) is 31.9 Å². The zero-order chi connectivity index (χ0) is 22.9. The minimum absolute atomic E-state index is 0.0393. The molecule has 1 saturated carbocycles. The number of benzene rings is 2. The number of nitro groups is 1. The number of nitrogens with zero attached hydrogens (tertiary/aromatic N) is 1. The Bertz CT molecular complexity index is 914. The van der Waals surface area contributed by atoms with Crippen LogP contribution in [0, 0.1) is 16.0 Å². The SMILES string of the molecule is CCCCCC(=O)Oc1ccc([C@H]2CC[C@H](C(=O)Oc3ccc([N+](=O)[O-])cc3)CC2)cc1. The lowest BCUT2D eigenvalue weighted by atomic mass is 9.79. The molecule has 32 heavy (non-hydrogen) atoms. The molecule has 0 unspecified atom stereocenters. The fourth-order valence-corrected chi connectivity index (χ4v) is 4.01. The van der Waals surface area contributed by atoms with Crippen molar-refractivity contribution in [3.63, 3.8) is 0 Å². The fourth-order valence-electron chi connectivity index (χ4n) is 4.01. The molecule has 7 nitrogen and oxygen atoms in total. The molecule has 0 amide bonds. The number of rotatable bonds is 9. The highest BCUT2D eigenvalue weighted by Crippen LogP contribution is 2.37. The van der Waals surface area contributed by atoms with E-state index >= 15 is 0 Å². The van der Waals surface area contributed by atoms with Crippen LogP contribution in [-0.2, 0) is 9.59 Å². The zero-order valence-electron chi connectivity index (χ0n) is 18.3. The number of unbranched alkanes of at least 4 members (excludes halogenated alkanes) is 2. The predicted octanol–water partition coefficient (Wildman–Crippen LogP) is 5.96. The number of hydrogen-bond acceptors (Lipinski definition) is 6. The van der Waals surface area contributed by atoms with Crippen LogP contribution in [0.1, 0.15) is 69.8 Å². The molecule has 0 spiro atoms. The van der Waals surface area contributed by atoms with E-state index in [4.69, 9.17) is 9.47 Å². The van der Waals surface area contributed by atoms with E-state index in [1.807, 2.05) is 24.3 Å². The number of esters is 2. The average molecular weight is 440 g/mol. The summed E-state index contributed by atoms with van der Waals surface area (Å²) < 4.78 is 10.8. The van der Waals surface area contributed by atoms with Crippen LogP contribution < -0.4 is 9.47 Å². The van der Waals surface area contributed by atoms with Crippen molar-refractivity contribution in [3.8, 4) is 11.5 Å². The molecule has 1 aliphatic carbocycles. The van der Waals surface area contributed by atoms with Gasteiger partial charge >= 0.3 is 11.9 Å². The van der Waals surface area contributed by atoms with Crippen LogP contribution in [0.25, 0.3) is 0 Å². The van der Waals surface area contributed by atoms with E-state index in [0.717, 1.165) is 44.9 Å². The van der Waals surface area contributed by atoms with Gasteiger partial charge in [-0.3, -0.25) is 19.7 Å². The van der Waals surface area contributed by atoms with Gasteiger partial charge < -0.3 is 9.47 Å². The van der Waals surface area contributed by atoms with Gasteiger partial charge in [-0.25, -0.2) is 0 Å². The van der Waals surface area contributed by atoms with Gasteiger partial charge in [-0.2, -0.15) is 0 Å². The second kappa shape index (κ2) is 11.4. The summed E-state index contributed by atoms with van der Waals surface area (Å²) in [4.78, 5) is 34.6. The van der Waals surface area contributed by atoms with Crippen molar-refractivity contribution in [2.45, 2.75) is 64.2 Å². The molecule has 0 saturated heterocycles. The van der Waals surface area contributed by atoms with E-state index in [9.17, 15) is 19.7 Å². The van der Waals surface area contributed by atoms with Gasteiger partial charge in [0.05, 0.1) is 10.8 Å². The summed E-state index contributed by atoms with van der Waals surface area (Å²) in [7, 11) is 0. The Kier molecular flexibility index (Phi) is 8.36. The van der Waals surface area contributed by atoms with Crippen molar-refractivity contribution in [2.75, 3.05) is 0 Å². The summed E-state index contributed by atoms with van der Waals surface area (Å²) in [6.45, 7) is 2.10. The van der Waals surface area contributed by atoms with Gasteiger partial charge in [0.15, 0.2) is 0 Å². The summed E-state index contributed by atoms with van der Waals surface area (Å²) >= 11 is 0. The summed E-state index contributed by atoms with van der Waals surface area (Å²) in [5.41, 5.74) is 1.14. The summed E-state index contributed by atoms with van der Waals surface area (Å²) in [6, 6.07) is 13.2. The topological polar surface area (TPSA) is 95.7 Å². The Balaban J connectivity index is 1.46. The number of nitro benzene ring substituents is 1. The molecule has 0 atom stereocenters. The van der Waals surface area contributed by atoms with Gasteiger partial charge in [0.25, 0.3) is 5.69 Å². The molecule has 0 aliphatic heterocycles. The average Bonchev–Trinajstić information content (AvgIpc) is 2.80. The van der Waals surface area contributed by atoms with Crippen molar-refractivity contribution < 1.29 is 24.0 Å². The van der Waals surface area contributed by atoms with E-state index in [1.165, 1.54) is 29.8 Å². The third-order valence-electron chi connectivity index (χ3n) is 5.89. The zero-order valence-corrected chi connectivity index (χ0v) is 18.3. The summed E-state index contributed by atoms with van der Waals surface area (Å²) in [6.07, 6.45) is 6.58. The first-order valence-corrected chi connectivity index (χ1v) is 11.2. The van der Waals surface area contributed by atoms with Crippen LogP contribution in [0.4, 0.5) is 5.69 Å². The lowest BCUT2D eigenvalue weighted by molar-refractivity contribution is -0.384. The van der Waals surface area contributed by atoms with Crippen molar-refractivity contribution in [3.05, 3.63) is 64.2 Å². The second-order valence-corrected chi connectivity index (χ2v) is 8.22. The lowest BCUT2D eigenvalue weighted by Gasteiger charge is -2.27. The highest BCUT2D eigenvalue weighted by molar-refractivity contribution is 5.75. The maximum Gasteiger partial charge on any atom is 0.314 e. The largest absolute Gasteiger partial charge is 0.427 e. The third-order valence-corrected chi connectivity index (χ3v) is 5.89. The van der Waals surface area contributed by atoms with Crippen LogP contribution in [0.15, 0.2) is 48.5 Å². The van der Waals surface area contributed by atoms with E-state index in [0.29, 0.717) is 23.8 Å². The molecular formula is C25H29NO6. The molecule has 2 aromatic carbocycles. The van der Waals surface area contributed by atoms with Crippen molar-refractivity contribution >= 4 is 17.6 Å². The van der Waals surface area contributed by atoms with Crippen LogP contribution in [0.3, 0.4) is 0 Å². The molecule has 1 aliphatic rings. The van der Waals surface area contributed by atoms with Gasteiger partial charge in [0, 0.05) is 18.6 Å². The monoisotopic (exact) mass is 439 g/mol. The quantitative estimate of drug-likeness (QED) is 0.157. The number of ether oxygens (including phenoxy) is 2.